The van der Waals surface area contributed by atoms with Gasteiger partial charge in [0.1, 0.15) is 24.7 Å². The molecular weight excluding hydrogens is 520 g/mol. The Morgan fingerprint density at radius 3 is 1.32 bits per heavy atom. The molecule has 2 atom stereocenters. The van der Waals surface area contributed by atoms with Crippen LogP contribution in [0.1, 0.15) is 88.8 Å². The van der Waals surface area contributed by atoms with Crippen LogP contribution in [0, 0.1) is 25.7 Å². The Hall–Kier alpha value is -3.06. The van der Waals surface area contributed by atoms with Gasteiger partial charge >= 0.3 is 11.9 Å². The van der Waals surface area contributed by atoms with Crippen molar-refractivity contribution in [1.29, 1.82) is 0 Å². The number of benzene rings is 2. The van der Waals surface area contributed by atoms with E-state index in [1.165, 1.54) is 0 Å². The summed E-state index contributed by atoms with van der Waals surface area (Å²) in [6, 6.07) is 7.75. The summed E-state index contributed by atoms with van der Waals surface area (Å²) >= 11 is 0. The Morgan fingerprint density at radius 2 is 1.00 bits per heavy atom. The van der Waals surface area contributed by atoms with Crippen LogP contribution in [0.4, 0.5) is 0 Å². The monoisotopic (exact) mass is 570 g/mol. The molecule has 2 aromatic carbocycles. The minimum absolute atomic E-state index is 0.117. The minimum Gasteiger partial charge on any atom is -0.507 e. The molecule has 0 saturated carbocycles. The largest absolute Gasteiger partial charge is 0.507 e. The maximum absolute atomic E-state index is 12.5. The summed E-state index contributed by atoms with van der Waals surface area (Å²) in [4.78, 5) is 25.0. The standard InChI is InChI=1S/C34H50O7/c1-21-15-25(19-27(29(21)35)33(5,6)7)17-23(3)31(37)40-13-11-39-12-14-41-32(38)24(4)18-26-16-22(2)30(36)28(20-26)34(8,9)10/h15-16,19-20,23-24,35-36H,11-14,17-18H2,1-10H3. The van der Waals surface area contributed by atoms with E-state index >= 15 is 0 Å². The Balaban J connectivity index is 1.72. The number of hydrogen-bond acceptors (Lipinski definition) is 7. The average molecular weight is 571 g/mol. The molecule has 2 N–H and O–H groups in total. The van der Waals surface area contributed by atoms with E-state index in [0.29, 0.717) is 24.3 Å². The zero-order valence-electron chi connectivity index (χ0n) is 26.6. The summed E-state index contributed by atoms with van der Waals surface area (Å²) in [5, 5.41) is 20.9. The number of ether oxygens (including phenoxy) is 3. The van der Waals surface area contributed by atoms with E-state index in [1.807, 2.05) is 93.5 Å². The van der Waals surface area contributed by atoms with Crippen LogP contribution in [0.25, 0.3) is 0 Å². The van der Waals surface area contributed by atoms with E-state index in [0.717, 1.165) is 33.4 Å². The number of esters is 2. The van der Waals surface area contributed by atoms with Gasteiger partial charge in [-0.1, -0.05) is 79.7 Å². The van der Waals surface area contributed by atoms with E-state index in [1.54, 1.807) is 0 Å². The summed E-state index contributed by atoms with van der Waals surface area (Å²) in [7, 11) is 0. The molecule has 0 aromatic heterocycles. The summed E-state index contributed by atoms with van der Waals surface area (Å²) < 4.78 is 16.2. The number of aryl methyl sites for hydroxylation is 2. The van der Waals surface area contributed by atoms with Gasteiger partial charge in [-0.2, -0.15) is 0 Å². The fourth-order valence-corrected chi connectivity index (χ4v) is 4.75. The molecule has 0 heterocycles. The first-order chi connectivity index (χ1) is 18.9. The molecular formula is C34H50O7. The van der Waals surface area contributed by atoms with Gasteiger partial charge < -0.3 is 24.4 Å². The van der Waals surface area contributed by atoms with Crippen LogP contribution < -0.4 is 0 Å². The van der Waals surface area contributed by atoms with Crippen LogP contribution >= 0.6 is 0 Å². The quantitative estimate of drug-likeness (QED) is 0.223. The third-order valence-corrected chi connectivity index (χ3v) is 7.17. The molecule has 0 aliphatic carbocycles. The molecule has 0 amide bonds. The van der Waals surface area contributed by atoms with E-state index in [-0.39, 0.29) is 61.0 Å². The van der Waals surface area contributed by atoms with Crippen LogP contribution in [-0.2, 0) is 47.5 Å². The Labute approximate surface area is 246 Å². The molecule has 0 bridgehead atoms. The molecule has 2 aromatic rings. The van der Waals surface area contributed by atoms with Gasteiger partial charge in [-0.25, -0.2) is 0 Å². The van der Waals surface area contributed by atoms with Gasteiger partial charge in [0.25, 0.3) is 0 Å². The Morgan fingerprint density at radius 1 is 0.659 bits per heavy atom. The van der Waals surface area contributed by atoms with Crippen LogP contribution in [0.3, 0.4) is 0 Å². The molecule has 0 saturated heterocycles. The molecule has 2 unspecified atom stereocenters. The summed E-state index contributed by atoms with van der Waals surface area (Å²) in [6.07, 6.45) is 1.03. The summed E-state index contributed by atoms with van der Waals surface area (Å²) in [5.74, 6) is -0.698. The van der Waals surface area contributed by atoms with Gasteiger partial charge in [0.2, 0.25) is 0 Å². The van der Waals surface area contributed by atoms with Gasteiger partial charge in [0.15, 0.2) is 0 Å². The molecule has 7 heteroatoms. The predicted molar refractivity (Wildman–Crippen MR) is 162 cm³/mol. The third kappa shape index (κ3) is 10.1. The lowest BCUT2D eigenvalue weighted by Gasteiger charge is -2.23. The highest BCUT2D eigenvalue weighted by Gasteiger charge is 2.24. The van der Waals surface area contributed by atoms with E-state index in [9.17, 15) is 19.8 Å². The molecule has 41 heavy (non-hydrogen) atoms. The number of phenols is 2. The number of phenolic OH excluding ortho intramolecular Hbond substituents is 2. The highest BCUT2D eigenvalue weighted by molar-refractivity contribution is 5.73. The van der Waals surface area contributed by atoms with Crippen molar-refractivity contribution in [3.05, 3.63) is 57.6 Å². The smallest absolute Gasteiger partial charge is 0.309 e. The highest BCUT2D eigenvalue weighted by atomic mass is 16.6. The second kappa shape index (κ2) is 14.2. The normalized spacial score (nSPS) is 13.5. The molecule has 0 spiro atoms. The molecule has 7 nitrogen and oxygen atoms in total. The summed E-state index contributed by atoms with van der Waals surface area (Å²) in [5.41, 5.74) is 4.86. The van der Waals surface area contributed by atoms with Crippen LogP contribution in [0.2, 0.25) is 0 Å². The Bertz CT molecular complexity index is 1110. The number of carbonyl (C=O) groups is 2. The van der Waals surface area contributed by atoms with Crippen molar-refractivity contribution in [2.45, 2.75) is 92.9 Å². The van der Waals surface area contributed by atoms with Gasteiger partial charge in [0.05, 0.1) is 25.0 Å². The van der Waals surface area contributed by atoms with Crippen molar-refractivity contribution < 1.29 is 34.0 Å². The van der Waals surface area contributed by atoms with Gasteiger partial charge in [-0.05, 0) is 70.9 Å². The molecule has 0 aliphatic rings. The van der Waals surface area contributed by atoms with Crippen molar-refractivity contribution in [2.24, 2.45) is 11.8 Å². The van der Waals surface area contributed by atoms with Crippen molar-refractivity contribution in [3.63, 3.8) is 0 Å². The van der Waals surface area contributed by atoms with Crippen molar-refractivity contribution in [3.8, 4) is 11.5 Å². The number of rotatable bonds is 12. The predicted octanol–water partition coefficient (Wildman–Crippen LogP) is 6.47. The van der Waals surface area contributed by atoms with Gasteiger partial charge in [-0.15, -0.1) is 0 Å². The topological polar surface area (TPSA) is 102 Å². The molecule has 0 radical (unpaired) electrons. The lowest BCUT2D eigenvalue weighted by Crippen LogP contribution is -2.22. The number of aromatic hydroxyl groups is 2. The van der Waals surface area contributed by atoms with Gasteiger partial charge in [-0.3, -0.25) is 9.59 Å². The lowest BCUT2D eigenvalue weighted by atomic mass is 9.83. The zero-order chi connectivity index (χ0) is 31.1. The second-order valence-corrected chi connectivity index (χ2v) is 13.3. The molecule has 228 valence electrons. The molecule has 0 aliphatic heterocycles. The van der Waals surface area contributed by atoms with E-state index in [2.05, 4.69) is 0 Å². The first-order valence-corrected chi connectivity index (χ1v) is 14.5. The first kappa shape index (κ1) is 34.1. The third-order valence-electron chi connectivity index (χ3n) is 7.17. The maximum atomic E-state index is 12.5. The lowest BCUT2D eigenvalue weighted by molar-refractivity contribution is -0.151. The first-order valence-electron chi connectivity index (χ1n) is 14.5. The fourth-order valence-electron chi connectivity index (χ4n) is 4.75. The van der Waals surface area contributed by atoms with Crippen LogP contribution in [0.15, 0.2) is 24.3 Å². The SMILES string of the molecule is Cc1cc(CC(C)C(=O)OCCOCCOC(=O)C(C)Cc2cc(C)c(O)c(C(C)(C)C)c2)cc(C(C)(C)C)c1O. The average Bonchev–Trinajstić information content (AvgIpc) is 2.85. The van der Waals surface area contributed by atoms with Crippen molar-refractivity contribution >= 4 is 11.9 Å². The maximum Gasteiger partial charge on any atom is 0.309 e. The van der Waals surface area contributed by atoms with Gasteiger partial charge in [0, 0.05) is 0 Å². The number of hydrogen-bond donors (Lipinski definition) is 2. The number of carbonyl (C=O) groups excluding carboxylic acids is 2. The Kier molecular flexibility index (Phi) is 11.8. The van der Waals surface area contributed by atoms with Crippen LogP contribution in [0.5, 0.6) is 11.5 Å². The fraction of sp³-hybridized carbons (Fsp3) is 0.588. The highest BCUT2D eigenvalue weighted by Crippen LogP contribution is 2.35. The molecule has 2 rings (SSSR count). The van der Waals surface area contributed by atoms with E-state index in [4.69, 9.17) is 14.2 Å². The summed E-state index contributed by atoms with van der Waals surface area (Å²) in [6.45, 7) is 20.3. The van der Waals surface area contributed by atoms with Crippen molar-refractivity contribution in [1.82, 2.24) is 0 Å². The van der Waals surface area contributed by atoms with Crippen molar-refractivity contribution in [2.75, 3.05) is 26.4 Å². The van der Waals surface area contributed by atoms with Crippen LogP contribution in [-0.4, -0.2) is 48.6 Å². The molecule has 0 fully saturated rings. The van der Waals surface area contributed by atoms with E-state index < -0.39 is 0 Å². The zero-order valence-corrected chi connectivity index (χ0v) is 26.6. The minimum atomic E-state index is -0.342. The second-order valence-electron chi connectivity index (χ2n) is 13.3.